The van der Waals surface area contributed by atoms with Crippen molar-refractivity contribution in [3.8, 4) is 0 Å². The standard InChI is InChI=1S/C29H38N2O6/c1-15-7-8-22-27(2,3)24(33)21(36-26(35)16-6-5-9-30-13-16)12-29(22)28(15,4)11-18-20(32)10-17-19(23(18)37-29)14-31-25(17)34/h5-6,9,13,15,17-23,32H,7-8,10-12,14H2,1-4H3,(H,31,34). The number of fused-ring (bicyclic) bond motifs is 3. The van der Waals surface area contributed by atoms with E-state index in [4.69, 9.17) is 9.47 Å². The summed E-state index contributed by atoms with van der Waals surface area (Å²) in [7, 11) is 0. The monoisotopic (exact) mass is 510 g/mol. The van der Waals surface area contributed by atoms with Gasteiger partial charge in [0.25, 0.3) is 0 Å². The average Bonchev–Trinajstić information content (AvgIpc) is 3.23. The van der Waals surface area contributed by atoms with Crippen LogP contribution in [0.2, 0.25) is 0 Å². The third-order valence-electron chi connectivity index (χ3n) is 11.1. The van der Waals surface area contributed by atoms with E-state index in [9.17, 15) is 19.5 Å². The highest BCUT2D eigenvalue weighted by molar-refractivity contribution is 5.95. The third kappa shape index (κ3) is 3.40. The van der Waals surface area contributed by atoms with Crippen molar-refractivity contribution in [1.29, 1.82) is 0 Å². The van der Waals surface area contributed by atoms with Crippen molar-refractivity contribution in [3.63, 3.8) is 0 Å². The number of carbonyl (C=O) groups excluding carboxylic acids is 3. The van der Waals surface area contributed by atoms with Crippen LogP contribution >= 0.6 is 0 Å². The van der Waals surface area contributed by atoms with Crippen LogP contribution in [0.25, 0.3) is 0 Å². The molecular formula is C29H38N2O6. The second kappa shape index (κ2) is 8.34. The van der Waals surface area contributed by atoms with E-state index in [0.29, 0.717) is 30.9 Å². The number of Topliss-reactive ketones (excluding diaryl/α,β-unsaturated/α-hetero) is 1. The lowest BCUT2D eigenvalue weighted by molar-refractivity contribution is -0.328. The first-order chi connectivity index (χ1) is 17.5. The maximum atomic E-state index is 13.8. The summed E-state index contributed by atoms with van der Waals surface area (Å²) in [6, 6.07) is 3.31. The van der Waals surface area contributed by atoms with E-state index in [0.717, 1.165) is 19.3 Å². The number of hydrogen-bond donors (Lipinski definition) is 2. The molecule has 10 unspecified atom stereocenters. The van der Waals surface area contributed by atoms with E-state index < -0.39 is 29.2 Å². The first-order valence-corrected chi connectivity index (χ1v) is 13.8. The summed E-state index contributed by atoms with van der Waals surface area (Å²) < 4.78 is 13.2. The number of rotatable bonds is 2. The van der Waals surface area contributed by atoms with Crippen molar-refractivity contribution in [2.45, 2.75) is 83.7 Å². The summed E-state index contributed by atoms with van der Waals surface area (Å²) in [5.74, 6) is -0.709. The molecule has 0 aromatic carbocycles. The molecule has 0 radical (unpaired) electrons. The molecule has 8 nitrogen and oxygen atoms in total. The van der Waals surface area contributed by atoms with Gasteiger partial charge >= 0.3 is 5.97 Å². The van der Waals surface area contributed by atoms with Gasteiger partial charge in [-0.2, -0.15) is 0 Å². The van der Waals surface area contributed by atoms with Gasteiger partial charge in [0.15, 0.2) is 11.9 Å². The molecule has 10 atom stereocenters. The van der Waals surface area contributed by atoms with Crippen molar-refractivity contribution in [1.82, 2.24) is 10.3 Å². The number of aliphatic hydroxyl groups is 1. The molecule has 1 spiro atoms. The second-order valence-electron chi connectivity index (χ2n) is 13.0. The minimum absolute atomic E-state index is 0.00478. The Hall–Kier alpha value is -2.32. The molecule has 3 aliphatic carbocycles. The van der Waals surface area contributed by atoms with E-state index in [1.165, 1.54) is 6.20 Å². The average molecular weight is 511 g/mol. The molecule has 1 aromatic rings. The van der Waals surface area contributed by atoms with Crippen molar-refractivity contribution in [2.24, 2.45) is 40.4 Å². The number of aromatic nitrogens is 1. The maximum absolute atomic E-state index is 13.8. The summed E-state index contributed by atoms with van der Waals surface area (Å²) in [4.78, 5) is 43.5. The Morgan fingerprint density at radius 3 is 2.70 bits per heavy atom. The molecule has 2 saturated heterocycles. The number of esters is 1. The van der Waals surface area contributed by atoms with Crippen LogP contribution in [0.5, 0.6) is 0 Å². The Morgan fingerprint density at radius 1 is 1.19 bits per heavy atom. The second-order valence-corrected chi connectivity index (χ2v) is 13.0. The summed E-state index contributed by atoms with van der Waals surface area (Å²) in [5, 5.41) is 14.2. The Morgan fingerprint density at radius 2 is 1.97 bits per heavy atom. The molecule has 3 saturated carbocycles. The lowest BCUT2D eigenvalue weighted by atomic mass is 9.42. The lowest BCUT2D eigenvalue weighted by Gasteiger charge is -2.70. The fraction of sp³-hybridized carbons (Fsp3) is 0.724. The number of nitrogens with zero attached hydrogens (tertiary/aromatic N) is 1. The van der Waals surface area contributed by atoms with Gasteiger partial charge in [-0.05, 0) is 43.7 Å². The lowest BCUT2D eigenvalue weighted by Crippen LogP contribution is -2.74. The van der Waals surface area contributed by atoms with Crippen LogP contribution in [-0.4, -0.2) is 58.2 Å². The first-order valence-electron chi connectivity index (χ1n) is 13.8. The minimum atomic E-state index is -0.937. The smallest absolute Gasteiger partial charge is 0.340 e. The fourth-order valence-electron chi connectivity index (χ4n) is 8.92. The zero-order valence-electron chi connectivity index (χ0n) is 22.1. The van der Waals surface area contributed by atoms with Crippen LogP contribution in [0.3, 0.4) is 0 Å². The quantitative estimate of drug-likeness (QED) is 0.588. The molecule has 200 valence electrons. The molecule has 2 aliphatic heterocycles. The number of carbonyl (C=O) groups is 3. The zero-order valence-corrected chi connectivity index (χ0v) is 22.1. The maximum Gasteiger partial charge on any atom is 0.340 e. The molecule has 5 aliphatic rings. The SMILES string of the molecule is CC1CCC2C(C)(C)C(=O)C(OC(=O)c3cccnc3)CC23OC2C(CC13C)C(O)CC1C(=O)NCC12. The topological polar surface area (TPSA) is 115 Å². The molecule has 1 aromatic heterocycles. The Labute approximate surface area is 217 Å². The molecule has 8 heteroatoms. The Balaban J connectivity index is 1.41. The Kier molecular flexibility index (Phi) is 5.63. The van der Waals surface area contributed by atoms with Gasteiger partial charge in [0.05, 0.1) is 23.4 Å². The van der Waals surface area contributed by atoms with Gasteiger partial charge in [0.2, 0.25) is 5.91 Å². The van der Waals surface area contributed by atoms with E-state index in [2.05, 4.69) is 24.1 Å². The van der Waals surface area contributed by atoms with Gasteiger partial charge in [-0.15, -0.1) is 0 Å². The van der Waals surface area contributed by atoms with Crippen molar-refractivity contribution >= 4 is 17.7 Å². The van der Waals surface area contributed by atoms with Crippen molar-refractivity contribution in [2.75, 3.05) is 6.54 Å². The number of hydrogen-bond acceptors (Lipinski definition) is 7. The molecule has 0 bridgehead atoms. The van der Waals surface area contributed by atoms with Crippen LogP contribution in [0.15, 0.2) is 24.5 Å². The molecule has 3 heterocycles. The van der Waals surface area contributed by atoms with E-state index >= 15 is 0 Å². The summed E-state index contributed by atoms with van der Waals surface area (Å²) in [6.07, 6.45) is 4.57. The minimum Gasteiger partial charge on any atom is -0.451 e. The number of ketones is 1. The largest absolute Gasteiger partial charge is 0.451 e. The normalized spacial score (nSPS) is 46.1. The van der Waals surface area contributed by atoms with Gasteiger partial charge in [0, 0.05) is 59.9 Å². The van der Waals surface area contributed by atoms with Crippen molar-refractivity contribution < 1.29 is 29.0 Å². The van der Waals surface area contributed by atoms with Crippen LogP contribution < -0.4 is 5.32 Å². The Bertz CT molecular complexity index is 1120. The molecule has 1 amide bonds. The molecule has 5 fully saturated rings. The van der Waals surface area contributed by atoms with Gasteiger partial charge < -0.3 is 19.9 Å². The number of pyridine rings is 1. The third-order valence-corrected chi connectivity index (χ3v) is 11.1. The number of aliphatic hydroxyl groups excluding tert-OH is 1. The molecular weight excluding hydrogens is 472 g/mol. The predicted molar refractivity (Wildman–Crippen MR) is 133 cm³/mol. The number of amides is 1. The van der Waals surface area contributed by atoms with Gasteiger partial charge in [-0.25, -0.2) is 4.79 Å². The number of nitrogens with one attached hydrogen (secondary N) is 1. The van der Waals surface area contributed by atoms with Crippen LogP contribution in [0.1, 0.15) is 70.2 Å². The van der Waals surface area contributed by atoms with Gasteiger partial charge in [-0.1, -0.05) is 27.7 Å². The first kappa shape index (κ1) is 25.0. The fourth-order valence-corrected chi connectivity index (χ4v) is 8.92. The highest BCUT2D eigenvalue weighted by Gasteiger charge is 2.72. The number of ether oxygens (including phenoxy) is 2. The molecule has 6 rings (SSSR count). The van der Waals surface area contributed by atoms with E-state index in [1.807, 2.05) is 13.8 Å². The van der Waals surface area contributed by atoms with Gasteiger partial charge in [-0.3, -0.25) is 14.6 Å². The summed E-state index contributed by atoms with van der Waals surface area (Å²) in [6.45, 7) is 8.99. The summed E-state index contributed by atoms with van der Waals surface area (Å²) >= 11 is 0. The zero-order chi connectivity index (χ0) is 26.3. The predicted octanol–water partition coefficient (Wildman–Crippen LogP) is 2.93. The van der Waals surface area contributed by atoms with Crippen molar-refractivity contribution in [3.05, 3.63) is 30.1 Å². The van der Waals surface area contributed by atoms with Crippen LogP contribution in [-0.2, 0) is 19.1 Å². The highest BCUT2D eigenvalue weighted by Crippen LogP contribution is 2.68. The van der Waals surface area contributed by atoms with E-state index in [-0.39, 0.29) is 46.9 Å². The van der Waals surface area contributed by atoms with Crippen LogP contribution in [0, 0.1) is 40.4 Å². The molecule has 2 N–H and O–H groups in total. The molecule has 37 heavy (non-hydrogen) atoms. The van der Waals surface area contributed by atoms with E-state index in [1.54, 1.807) is 18.3 Å². The van der Waals surface area contributed by atoms with Crippen LogP contribution in [0.4, 0.5) is 0 Å². The highest BCUT2D eigenvalue weighted by atomic mass is 16.6. The summed E-state index contributed by atoms with van der Waals surface area (Å²) in [5.41, 5.74) is -1.48. The van der Waals surface area contributed by atoms with Gasteiger partial charge in [0.1, 0.15) is 0 Å².